The summed E-state index contributed by atoms with van der Waals surface area (Å²) in [6.45, 7) is 5.00. The lowest BCUT2D eigenvalue weighted by Gasteiger charge is -2.30. The molecule has 12 atom stereocenters. The molecule has 0 fully saturated rings. The maximum absolute atomic E-state index is 13.1. The highest BCUT2D eigenvalue weighted by molar-refractivity contribution is 5.74. The van der Waals surface area contributed by atoms with Gasteiger partial charge in [0.15, 0.2) is 0 Å². The van der Waals surface area contributed by atoms with Gasteiger partial charge in [0, 0.05) is 12.8 Å². The van der Waals surface area contributed by atoms with Crippen LogP contribution in [0.4, 0.5) is 0 Å². The highest BCUT2D eigenvalue weighted by Crippen LogP contribution is 2.24. The quantitative estimate of drug-likeness (QED) is 0.145. The lowest BCUT2D eigenvalue weighted by Crippen LogP contribution is -2.43. The van der Waals surface area contributed by atoms with E-state index in [1.165, 1.54) is 13.0 Å². The molecule has 0 bridgehead atoms. The number of rotatable bonds is 5. The minimum Gasteiger partial charge on any atom is -0.459 e. The van der Waals surface area contributed by atoms with Gasteiger partial charge in [-0.3, -0.25) is 4.79 Å². The van der Waals surface area contributed by atoms with E-state index < -0.39 is 85.5 Å². The molecule has 12 heteroatoms. The molecule has 47 heavy (non-hydrogen) atoms. The van der Waals surface area contributed by atoms with Crippen molar-refractivity contribution in [1.82, 2.24) is 0 Å². The van der Waals surface area contributed by atoms with Crippen LogP contribution < -0.4 is 0 Å². The van der Waals surface area contributed by atoms with Gasteiger partial charge in [0.05, 0.1) is 42.7 Å². The number of carbonyl (C=O) groups is 1. The van der Waals surface area contributed by atoms with E-state index in [1.807, 2.05) is 6.92 Å². The van der Waals surface area contributed by atoms with Crippen LogP contribution in [0.3, 0.4) is 0 Å². The van der Waals surface area contributed by atoms with E-state index in [0.29, 0.717) is 12.0 Å². The summed E-state index contributed by atoms with van der Waals surface area (Å²) in [6.07, 6.45) is 0.559. The van der Waals surface area contributed by atoms with Crippen molar-refractivity contribution in [3.05, 3.63) is 60.3 Å². The second-order valence-electron chi connectivity index (χ2n) is 12.5. The van der Waals surface area contributed by atoms with Crippen LogP contribution in [-0.2, 0) is 9.53 Å². The monoisotopic (exact) mass is 670 g/mol. The smallest absolute Gasteiger partial charge is 0.314 e. The normalized spacial score (nSPS) is 39.6. The molecule has 1 aliphatic heterocycles. The summed E-state index contributed by atoms with van der Waals surface area (Å²) in [5.74, 6) is -2.37. The van der Waals surface area contributed by atoms with Crippen molar-refractivity contribution in [2.75, 3.05) is 0 Å². The highest BCUT2D eigenvalue weighted by atomic mass is 16.6. The van der Waals surface area contributed by atoms with Gasteiger partial charge < -0.3 is 55.8 Å². The van der Waals surface area contributed by atoms with E-state index in [1.54, 1.807) is 55.5 Å². The Balaban J connectivity index is 3.19. The van der Waals surface area contributed by atoms with E-state index >= 15 is 0 Å². The van der Waals surface area contributed by atoms with E-state index in [-0.39, 0.29) is 32.1 Å². The van der Waals surface area contributed by atoms with Crippen molar-refractivity contribution in [2.24, 2.45) is 5.92 Å². The topological polar surface area (TPSA) is 229 Å². The zero-order valence-corrected chi connectivity index (χ0v) is 27.8. The Morgan fingerprint density at radius 1 is 0.723 bits per heavy atom. The molecule has 270 valence electrons. The molecule has 0 saturated carbocycles. The van der Waals surface area contributed by atoms with Crippen LogP contribution in [0.25, 0.3) is 0 Å². The van der Waals surface area contributed by atoms with Gasteiger partial charge >= 0.3 is 5.97 Å². The van der Waals surface area contributed by atoms with Crippen molar-refractivity contribution in [3.8, 4) is 0 Å². The molecule has 1 heterocycles. The number of aliphatic hydroxyl groups excluding tert-OH is 10. The molecule has 0 saturated heterocycles. The predicted molar refractivity (Wildman–Crippen MR) is 177 cm³/mol. The highest BCUT2D eigenvalue weighted by Gasteiger charge is 2.37. The number of aliphatic hydroxyl groups is 10. The average Bonchev–Trinajstić information content (AvgIpc) is 2.98. The minimum atomic E-state index is -1.61. The molecule has 0 radical (unpaired) electrons. The van der Waals surface area contributed by atoms with Crippen molar-refractivity contribution >= 4 is 5.97 Å². The molecule has 10 N–H and O–H groups in total. The first-order valence-electron chi connectivity index (χ1n) is 16.5. The van der Waals surface area contributed by atoms with Gasteiger partial charge in [-0.05, 0) is 45.1 Å². The number of unbranched alkanes of at least 4 members (excludes halogenated alkanes) is 2. The van der Waals surface area contributed by atoms with Crippen LogP contribution in [0.2, 0.25) is 0 Å². The minimum absolute atomic E-state index is 0.197. The average molecular weight is 671 g/mol. The van der Waals surface area contributed by atoms with Gasteiger partial charge in [0.1, 0.15) is 30.3 Å². The molecular weight excluding hydrogens is 612 g/mol. The first-order chi connectivity index (χ1) is 22.2. The summed E-state index contributed by atoms with van der Waals surface area (Å²) >= 11 is 0. The number of allylic oxidation sites excluding steroid dienone is 8. The maximum atomic E-state index is 13.1. The van der Waals surface area contributed by atoms with Crippen LogP contribution in [-0.4, -0.2) is 124 Å². The standard InChI is InChI=1S/C35H58O12/c1-4-5-11-16-29(41)32-30(42)20-26(38)18-24(36)17-25(37)19-27(39)21-31(43)34(45)33(44)22(2)14-12-9-7-6-8-10-13-15-28(40)23(3)47-35(32)46/h6-10,12-15,23-34,36-45H,4-5,11,16-21H2,1-3H3/b7-6+,10-8+,12-9+,15-13+,22-14-. The Hall–Kier alpha value is -2.23. The van der Waals surface area contributed by atoms with Gasteiger partial charge in [-0.2, -0.15) is 0 Å². The number of hydrogen-bond acceptors (Lipinski definition) is 12. The number of ether oxygens (including phenoxy) is 1. The molecule has 12 nitrogen and oxygen atoms in total. The summed E-state index contributed by atoms with van der Waals surface area (Å²) in [6, 6.07) is 0. The fraction of sp³-hybridized carbons (Fsp3) is 0.686. The lowest BCUT2D eigenvalue weighted by atomic mass is 9.87. The Bertz CT molecular complexity index is 1020. The Morgan fingerprint density at radius 3 is 1.77 bits per heavy atom. The van der Waals surface area contributed by atoms with E-state index in [0.717, 1.165) is 12.8 Å². The van der Waals surface area contributed by atoms with Crippen LogP contribution in [0.1, 0.15) is 78.6 Å². The van der Waals surface area contributed by atoms with Crippen molar-refractivity contribution in [3.63, 3.8) is 0 Å². The Morgan fingerprint density at radius 2 is 1.21 bits per heavy atom. The summed E-state index contributed by atoms with van der Waals surface area (Å²) in [4.78, 5) is 13.1. The first kappa shape index (κ1) is 42.8. The third-order valence-electron chi connectivity index (χ3n) is 8.17. The van der Waals surface area contributed by atoms with Gasteiger partial charge in [-0.15, -0.1) is 0 Å². The summed E-state index contributed by atoms with van der Waals surface area (Å²) < 4.78 is 5.41. The largest absolute Gasteiger partial charge is 0.459 e. The van der Waals surface area contributed by atoms with Crippen molar-refractivity contribution in [1.29, 1.82) is 0 Å². The molecule has 1 rings (SSSR count). The fourth-order valence-corrected chi connectivity index (χ4v) is 5.30. The zero-order chi connectivity index (χ0) is 35.5. The van der Waals surface area contributed by atoms with Crippen molar-refractivity contribution in [2.45, 2.75) is 146 Å². The van der Waals surface area contributed by atoms with Crippen molar-refractivity contribution < 1.29 is 60.6 Å². The molecule has 0 aromatic carbocycles. The van der Waals surface area contributed by atoms with E-state index in [9.17, 15) is 55.9 Å². The number of hydrogen-bond donors (Lipinski definition) is 10. The molecule has 0 spiro atoms. The number of esters is 1. The second-order valence-corrected chi connectivity index (χ2v) is 12.5. The van der Waals surface area contributed by atoms with E-state index in [2.05, 4.69) is 0 Å². The van der Waals surface area contributed by atoms with Crippen LogP contribution >= 0.6 is 0 Å². The first-order valence-corrected chi connectivity index (χ1v) is 16.5. The van der Waals surface area contributed by atoms with Crippen LogP contribution in [0.5, 0.6) is 0 Å². The Kier molecular flexibility index (Phi) is 21.1. The molecule has 0 aromatic rings. The SMILES string of the molecule is CCCCCC(O)C1C(=O)OC(C)C(O)/C=C/C=C/C=C/C=C/C=C(/C)C(O)C(O)C(O)CC(O)CC(O)CC(O)CC(O)CC1O. The number of carbonyl (C=O) groups excluding carboxylic acids is 1. The third-order valence-corrected chi connectivity index (χ3v) is 8.17. The van der Waals surface area contributed by atoms with Crippen LogP contribution in [0.15, 0.2) is 60.3 Å². The molecule has 0 aromatic heterocycles. The van der Waals surface area contributed by atoms with Gasteiger partial charge in [0.2, 0.25) is 0 Å². The zero-order valence-electron chi connectivity index (χ0n) is 27.8. The van der Waals surface area contributed by atoms with Gasteiger partial charge in [-0.25, -0.2) is 0 Å². The number of cyclic esters (lactones) is 1. The van der Waals surface area contributed by atoms with Gasteiger partial charge in [0.25, 0.3) is 0 Å². The lowest BCUT2D eigenvalue weighted by molar-refractivity contribution is -0.168. The molecule has 0 amide bonds. The molecule has 0 aliphatic carbocycles. The Labute approximate surface area is 278 Å². The summed E-state index contributed by atoms with van der Waals surface area (Å²) in [5, 5.41) is 105. The second kappa shape index (κ2) is 23.2. The fourth-order valence-electron chi connectivity index (χ4n) is 5.30. The third kappa shape index (κ3) is 17.1. The predicted octanol–water partition coefficient (Wildman–Crippen LogP) is 0.859. The van der Waals surface area contributed by atoms with E-state index in [4.69, 9.17) is 4.74 Å². The maximum Gasteiger partial charge on any atom is 0.314 e. The molecular formula is C35H58O12. The molecule has 12 unspecified atom stereocenters. The summed E-state index contributed by atoms with van der Waals surface area (Å²) in [5.41, 5.74) is 0.357. The van der Waals surface area contributed by atoms with Gasteiger partial charge in [-0.1, -0.05) is 80.9 Å². The summed E-state index contributed by atoms with van der Waals surface area (Å²) in [7, 11) is 0. The van der Waals surface area contributed by atoms with Crippen LogP contribution in [0, 0.1) is 5.92 Å². The molecule has 1 aliphatic rings.